The van der Waals surface area contributed by atoms with Gasteiger partial charge in [-0.05, 0) is 50.1 Å². The lowest BCUT2D eigenvalue weighted by Crippen LogP contribution is -2.25. The van der Waals surface area contributed by atoms with Crippen molar-refractivity contribution < 1.29 is 18.3 Å². The molecule has 0 bridgehead atoms. The Labute approximate surface area is 158 Å². The van der Waals surface area contributed by atoms with Crippen LogP contribution >= 0.6 is 0 Å². The van der Waals surface area contributed by atoms with E-state index in [1.54, 1.807) is 43.9 Å². The Morgan fingerprint density at radius 1 is 1.26 bits per heavy atom. The highest BCUT2D eigenvalue weighted by Gasteiger charge is 2.19. The fourth-order valence-electron chi connectivity index (χ4n) is 2.78. The molecule has 6 heteroatoms. The van der Waals surface area contributed by atoms with E-state index in [9.17, 15) is 9.18 Å². The number of carbonyl (C=O) groups excluding carboxylic acids is 1. The Kier molecular flexibility index (Phi) is 6.78. The lowest BCUT2D eigenvalue weighted by atomic mass is 10.1. The van der Waals surface area contributed by atoms with E-state index < -0.39 is 11.9 Å². The van der Waals surface area contributed by atoms with Gasteiger partial charge in [-0.1, -0.05) is 18.1 Å². The minimum atomic E-state index is -0.636. The number of rotatable bonds is 6. The number of ether oxygens (including phenoxy) is 1. The van der Waals surface area contributed by atoms with Gasteiger partial charge in [-0.2, -0.15) is 0 Å². The Bertz CT molecular complexity index is 858. The molecule has 4 nitrogen and oxygen atoms in total. The lowest BCUT2D eigenvalue weighted by Gasteiger charge is -2.25. The molecule has 0 atom stereocenters. The van der Waals surface area contributed by atoms with Crippen LogP contribution < -0.4 is 10.2 Å². The van der Waals surface area contributed by atoms with Gasteiger partial charge in [0.05, 0.1) is 24.5 Å². The molecule has 0 spiro atoms. The summed E-state index contributed by atoms with van der Waals surface area (Å²) in [6.45, 7) is 5.76. The van der Waals surface area contributed by atoms with E-state index in [1.807, 2.05) is 0 Å². The third-order valence-electron chi connectivity index (χ3n) is 4.09. The van der Waals surface area contributed by atoms with Crippen molar-refractivity contribution >= 4 is 17.5 Å². The minimum Gasteiger partial charge on any atom is -0.450 e. The summed E-state index contributed by atoms with van der Waals surface area (Å²) in [7, 11) is 0. The average molecular weight is 372 g/mol. The standard InChI is InChI=1S/C21H22F2N2O2/c1-5-11-25(13-16-7-9-17(22)10-8-16)18-12-14(3)20(15(4)19(18)23)24-21(26)27-6-2/h1,7-10,12H,6,11,13H2,2-4H3,(H,24,26). The van der Waals surface area contributed by atoms with Gasteiger partial charge in [-0.15, -0.1) is 6.42 Å². The Balaban J connectivity index is 2.37. The molecule has 2 rings (SSSR count). The molecule has 0 aromatic heterocycles. The number of anilines is 2. The maximum absolute atomic E-state index is 15.1. The lowest BCUT2D eigenvalue weighted by molar-refractivity contribution is 0.168. The van der Waals surface area contributed by atoms with Crippen molar-refractivity contribution in [3.63, 3.8) is 0 Å². The van der Waals surface area contributed by atoms with Crippen LogP contribution in [-0.2, 0) is 11.3 Å². The SMILES string of the molecule is C#CCN(Cc1ccc(F)cc1)c1cc(C)c(NC(=O)OCC)c(C)c1F. The van der Waals surface area contributed by atoms with Crippen LogP contribution in [0.25, 0.3) is 0 Å². The van der Waals surface area contributed by atoms with Gasteiger partial charge >= 0.3 is 6.09 Å². The largest absolute Gasteiger partial charge is 0.450 e. The summed E-state index contributed by atoms with van der Waals surface area (Å²) in [6.07, 6.45) is 4.82. The number of halogens is 2. The summed E-state index contributed by atoms with van der Waals surface area (Å²) < 4.78 is 33.0. The molecule has 142 valence electrons. The van der Waals surface area contributed by atoms with E-state index in [0.29, 0.717) is 29.0 Å². The Morgan fingerprint density at radius 2 is 1.93 bits per heavy atom. The Morgan fingerprint density at radius 3 is 2.52 bits per heavy atom. The van der Waals surface area contributed by atoms with Gasteiger partial charge < -0.3 is 9.64 Å². The molecule has 0 saturated carbocycles. The average Bonchev–Trinajstić information content (AvgIpc) is 2.63. The van der Waals surface area contributed by atoms with Gasteiger partial charge in [-0.3, -0.25) is 5.32 Å². The molecule has 0 saturated heterocycles. The first-order valence-electron chi connectivity index (χ1n) is 8.53. The van der Waals surface area contributed by atoms with E-state index in [-0.39, 0.29) is 19.0 Å². The molecule has 0 fully saturated rings. The van der Waals surface area contributed by atoms with Crippen LogP contribution in [0.1, 0.15) is 23.6 Å². The van der Waals surface area contributed by atoms with Crippen molar-refractivity contribution in [1.29, 1.82) is 0 Å². The van der Waals surface area contributed by atoms with Crippen LogP contribution in [0.3, 0.4) is 0 Å². The Hall–Kier alpha value is -3.07. The summed E-state index contributed by atoms with van der Waals surface area (Å²) in [6, 6.07) is 7.59. The van der Waals surface area contributed by atoms with E-state index >= 15 is 4.39 Å². The summed E-state index contributed by atoms with van der Waals surface area (Å²) in [5.41, 5.74) is 2.46. The molecule has 0 radical (unpaired) electrons. The summed E-state index contributed by atoms with van der Waals surface area (Å²) in [4.78, 5) is 13.4. The predicted molar refractivity (Wildman–Crippen MR) is 103 cm³/mol. The van der Waals surface area contributed by atoms with Crippen molar-refractivity contribution in [2.24, 2.45) is 0 Å². The molecule has 0 aliphatic rings. The highest BCUT2D eigenvalue weighted by atomic mass is 19.1. The van der Waals surface area contributed by atoms with Gasteiger partial charge in [0.2, 0.25) is 0 Å². The topological polar surface area (TPSA) is 41.6 Å². The highest BCUT2D eigenvalue weighted by molar-refractivity contribution is 5.87. The molecule has 1 N–H and O–H groups in total. The van der Waals surface area contributed by atoms with Gasteiger partial charge in [-0.25, -0.2) is 13.6 Å². The number of hydrogen-bond acceptors (Lipinski definition) is 3. The van der Waals surface area contributed by atoms with Gasteiger partial charge in [0.25, 0.3) is 0 Å². The quantitative estimate of drug-likeness (QED) is 0.742. The second-order valence-corrected chi connectivity index (χ2v) is 6.06. The highest BCUT2D eigenvalue weighted by Crippen LogP contribution is 2.32. The smallest absolute Gasteiger partial charge is 0.411 e. The summed E-state index contributed by atoms with van der Waals surface area (Å²) in [5.74, 6) is 1.70. The fraction of sp³-hybridized carbons (Fsp3) is 0.286. The van der Waals surface area contributed by atoms with Gasteiger partial charge in [0.15, 0.2) is 5.82 Å². The number of amides is 1. The second-order valence-electron chi connectivity index (χ2n) is 6.06. The number of hydrogen-bond donors (Lipinski definition) is 1. The maximum atomic E-state index is 15.1. The van der Waals surface area contributed by atoms with Crippen LogP contribution in [0.2, 0.25) is 0 Å². The third kappa shape index (κ3) is 4.98. The molecule has 2 aromatic rings. The van der Waals surface area contributed by atoms with Crippen molar-refractivity contribution in [1.82, 2.24) is 0 Å². The van der Waals surface area contributed by atoms with E-state index in [2.05, 4.69) is 11.2 Å². The van der Waals surface area contributed by atoms with Crippen molar-refractivity contribution in [2.75, 3.05) is 23.4 Å². The van der Waals surface area contributed by atoms with Crippen molar-refractivity contribution in [2.45, 2.75) is 27.3 Å². The van der Waals surface area contributed by atoms with E-state index in [0.717, 1.165) is 5.56 Å². The molecule has 0 aliphatic carbocycles. The second kappa shape index (κ2) is 9.04. The number of nitrogens with one attached hydrogen (secondary N) is 1. The zero-order valence-electron chi connectivity index (χ0n) is 15.6. The minimum absolute atomic E-state index is 0.178. The van der Waals surface area contributed by atoms with E-state index in [1.165, 1.54) is 12.1 Å². The zero-order valence-corrected chi connectivity index (χ0v) is 15.6. The molecule has 0 unspecified atom stereocenters. The van der Waals surface area contributed by atoms with Crippen LogP contribution in [0.4, 0.5) is 25.0 Å². The van der Waals surface area contributed by atoms with Crippen molar-refractivity contribution in [3.8, 4) is 12.3 Å². The zero-order chi connectivity index (χ0) is 20.0. The number of aryl methyl sites for hydroxylation is 1. The molecule has 2 aromatic carbocycles. The number of carbonyl (C=O) groups is 1. The first kappa shape index (κ1) is 20.2. The van der Waals surface area contributed by atoms with Gasteiger partial charge in [0, 0.05) is 12.1 Å². The first-order chi connectivity index (χ1) is 12.9. The normalized spacial score (nSPS) is 10.2. The number of nitrogens with zero attached hydrogens (tertiary/aromatic N) is 1. The molecule has 27 heavy (non-hydrogen) atoms. The molecule has 0 aliphatic heterocycles. The number of benzene rings is 2. The van der Waals surface area contributed by atoms with Crippen LogP contribution in [0.5, 0.6) is 0 Å². The molecular weight excluding hydrogens is 350 g/mol. The fourth-order valence-corrected chi connectivity index (χ4v) is 2.78. The predicted octanol–water partition coefficient (Wildman–Crippen LogP) is 4.79. The van der Waals surface area contributed by atoms with Crippen LogP contribution in [0, 0.1) is 37.8 Å². The molecular formula is C21H22F2N2O2. The van der Waals surface area contributed by atoms with Gasteiger partial charge in [0.1, 0.15) is 5.82 Å². The van der Waals surface area contributed by atoms with Crippen LogP contribution in [-0.4, -0.2) is 19.2 Å². The van der Waals surface area contributed by atoms with Crippen molar-refractivity contribution in [3.05, 3.63) is 58.7 Å². The maximum Gasteiger partial charge on any atom is 0.411 e. The summed E-state index contributed by atoms with van der Waals surface area (Å²) >= 11 is 0. The van der Waals surface area contributed by atoms with E-state index in [4.69, 9.17) is 11.2 Å². The monoisotopic (exact) mass is 372 g/mol. The van der Waals surface area contributed by atoms with Crippen LogP contribution in [0.15, 0.2) is 30.3 Å². The molecule has 1 amide bonds. The summed E-state index contributed by atoms with van der Waals surface area (Å²) in [5, 5.41) is 2.57. The molecule has 0 heterocycles. The number of terminal acetylenes is 1. The first-order valence-corrected chi connectivity index (χ1v) is 8.53. The third-order valence-corrected chi connectivity index (χ3v) is 4.09.